The third-order valence-corrected chi connectivity index (χ3v) is 4.85. The van der Waals surface area contributed by atoms with Gasteiger partial charge in [0.25, 0.3) is 0 Å². The largest absolute Gasteiger partial charge is 0.330 e. The highest BCUT2D eigenvalue weighted by Gasteiger charge is 2.36. The fourth-order valence-corrected chi connectivity index (χ4v) is 3.49. The van der Waals surface area contributed by atoms with Gasteiger partial charge in [-0.25, -0.2) is 0 Å². The van der Waals surface area contributed by atoms with E-state index in [0.717, 1.165) is 12.5 Å². The molecule has 2 nitrogen and oxygen atoms in total. The van der Waals surface area contributed by atoms with Gasteiger partial charge in [0, 0.05) is 12.4 Å². The highest BCUT2D eigenvalue weighted by atomic mass is 14.6. The van der Waals surface area contributed by atoms with E-state index in [9.17, 15) is 0 Å². The lowest BCUT2D eigenvalue weighted by molar-refractivity contribution is 0.133. The number of hydrogen-bond acceptors (Lipinski definition) is 2. The van der Waals surface area contributed by atoms with Crippen molar-refractivity contribution in [1.82, 2.24) is 4.98 Å². The lowest BCUT2D eigenvalue weighted by atomic mass is 9.64. The number of rotatable bonds is 2. The first-order valence-corrected chi connectivity index (χ1v) is 7.53. The van der Waals surface area contributed by atoms with Crippen LogP contribution in [0.5, 0.6) is 0 Å². The monoisotopic (exact) mass is 260 g/mol. The minimum absolute atomic E-state index is 0.398. The van der Waals surface area contributed by atoms with Crippen molar-refractivity contribution in [2.45, 2.75) is 52.9 Å². The minimum atomic E-state index is 0.398. The van der Waals surface area contributed by atoms with Crippen LogP contribution in [0.3, 0.4) is 0 Å². The summed E-state index contributed by atoms with van der Waals surface area (Å²) < 4.78 is 0. The van der Waals surface area contributed by atoms with Gasteiger partial charge < -0.3 is 5.73 Å². The van der Waals surface area contributed by atoms with E-state index >= 15 is 0 Å². The SMILES string of the molecule is Cc1cncc(C2CC(C(C)(C)C)CCC2CN)c1. The molecule has 1 aromatic rings. The molecule has 2 rings (SSSR count). The summed E-state index contributed by atoms with van der Waals surface area (Å²) in [6.45, 7) is 10.0. The summed E-state index contributed by atoms with van der Waals surface area (Å²) in [7, 11) is 0. The second-order valence-electron chi connectivity index (χ2n) is 7.27. The molecule has 1 aromatic heterocycles. The molecule has 0 amide bonds. The van der Waals surface area contributed by atoms with Gasteiger partial charge in [0.15, 0.2) is 0 Å². The molecule has 19 heavy (non-hydrogen) atoms. The first kappa shape index (κ1) is 14.5. The molecule has 1 aliphatic rings. The van der Waals surface area contributed by atoms with Crippen molar-refractivity contribution in [3.8, 4) is 0 Å². The van der Waals surface area contributed by atoms with Crippen molar-refractivity contribution in [2.24, 2.45) is 23.0 Å². The average Bonchev–Trinajstić information content (AvgIpc) is 2.37. The van der Waals surface area contributed by atoms with E-state index in [1.54, 1.807) is 0 Å². The molecule has 2 N–H and O–H groups in total. The van der Waals surface area contributed by atoms with Crippen molar-refractivity contribution in [3.05, 3.63) is 29.6 Å². The molecule has 106 valence electrons. The molecule has 0 saturated heterocycles. The zero-order valence-corrected chi connectivity index (χ0v) is 12.8. The van der Waals surface area contributed by atoms with Crippen LogP contribution < -0.4 is 5.73 Å². The van der Waals surface area contributed by atoms with Crippen LogP contribution >= 0.6 is 0 Å². The Balaban J connectivity index is 2.23. The van der Waals surface area contributed by atoms with Gasteiger partial charge in [-0.1, -0.05) is 26.8 Å². The number of nitrogens with zero attached hydrogens (tertiary/aromatic N) is 1. The Morgan fingerprint density at radius 2 is 2.00 bits per heavy atom. The molecule has 0 radical (unpaired) electrons. The second-order valence-corrected chi connectivity index (χ2v) is 7.27. The van der Waals surface area contributed by atoms with Crippen LogP contribution in [0.4, 0.5) is 0 Å². The van der Waals surface area contributed by atoms with Crippen LogP contribution in [0, 0.1) is 24.2 Å². The number of aryl methyl sites for hydroxylation is 1. The normalized spacial score (nSPS) is 28.4. The van der Waals surface area contributed by atoms with Crippen LogP contribution in [-0.2, 0) is 0 Å². The Bertz CT molecular complexity index is 420. The second kappa shape index (κ2) is 5.62. The van der Waals surface area contributed by atoms with Crippen molar-refractivity contribution in [2.75, 3.05) is 6.54 Å². The van der Waals surface area contributed by atoms with Gasteiger partial charge in [-0.2, -0.15) is 0 Å². The average molecular weight is 260 g/mol. The van der Waals surface area contributed by atoms with Crippen molar-refractivity contribution < 1.29 is 0 Å². The lowest BCUT2D eigenvalue weighted by Crippen LogP contribution is -2.34. The van der Waals surface area contributed by atoms with Gasteiger partial charge in [0.05, 0.1) is 0 Å². The van der Waals surface area contributed by atoms with Crippen LogP contribution in [0.15, 0.2) is 18.5 Å². The first-order valence-electron chi connectivity index (χ1n) is 7.53. The van der Waals surface area contributed by atoms with Crippen LogP contribution in [0.1, 0.15) is 57.1 Å². The summed E-state index contributed by atoms with van der Waals surface area (Å²) in [5, 5.41) is 0. The molecule has 2 heteroatoms. The van der Waals surface area contributed by atoms with Gasteiger partial charge in [0.1, 0.15) is 0 Å². The third kappa shape index (κ3) is 3.36. The predicted octanol–water partition coefficient (Wildman–Crippen LogP) is 3.89. The zero-order valence-electron chi connectivity index (χ0n) is 12.8. The Hall–Kier alpha value is -0.890. The fraction of sp³-hybridized carbons (Fsp3) is 0.706. The van der Waals surface area contributed by atoms with Crippen LogP contribution in [-0.4, -0.2) is 11.5 Å². The molecule has 1 heterocycles. The van der Waals surface area contributed by atoms with Crippen molar-refractivity contribution >= 4 is 0 Å². The summed E-state index contributed by atoms with van der Waals surface area (Å²) in [5.41, 5.74) is 9.05. The Morgan fingerprint density at radius 3 is 2.58 bits per heavy atom. The van der Waals surface area contributed by atoms with E-state index in [-0.39, 0.29) is 0 Å². The minimum Gasteiger partial charge on any atom is -0.330 e. The molecular weight excluding hydrogens is 232 g/mol. The van der Waals surface area contributed by atoms with Gasteiger partial charge in [-0.05, 0) is 67.0 Å². The Labute approximate surface area is 117 Å². The number of pyridine rings is 1. The number of aromatic nitrogens is 1. The topological polar surface area (TPSA) is 38.9 Å². The molecule has 1 fully saturated rings. The molecule has 3 atom stereocenters. The lowest BCUT2D eigenvalue weighted by Gasteiger charge is -2.41. The molecule has 0 bridgehead atoms. The Morgan fingerprint density at radius 1 is 1.26 bits per heavy atom. The Kier molecular flexibility index (Phi) is 4.29. The highest BCUT2D eigenvalue weighted by Crippen LogP contribution is 2.46. The number of hydrogen-bond donors (Lipinski definition) is 1. The van der Waals surface area contributed by atoms with Gasteiger partial charge in [-0.3, -0.25) is 4.98 Å². The molecular formula is C17H28N2. The van der Waals surface area contributed by atoms with Crippen molar-refractivity contribution in [1.29, 1.82) is 0 Å². The predicted molar refractivity (Wildman–Crippen MR) is 81.1 cm³/mol. The van der Waals surface area contributed by atoms with Gasteiger partial charge >= 0.3 is 0 Å². The zero-order chi connectivity index (χ0) is 14.0. The summed E-state index contributed by atoms with van der Waals surface area (Å²) in [4.78, 5) is 4.37. The summed E-state index contributed by atoms with van der Waals surface area (Å²) in [5.74, 6) is 2.01. The maximum Gasteiger partial charge on any atom is 0.0303 e. The highest BCUT2D eigenvalue weighted by molar-refractivity contribution is 5.22. The molecule has 3 unspecified atom stereocenters. The first-order chi connectivity index (χ1) is 8.91. The van der Waals surface area contributed by atoms with E-state index in [4.69, 9.17) is 5.73 Å². The van der Waals surface area contributed by atoms with E-state index in [0.29, 0.717) is 17.3 Å². The smallest absolute Gasteiger partial charge is 0.0303 e. The summed E-state index contributed by atoms with van der Waals surface area (Å²) in [6.07, 6.45) is 7.82. The summed E-state index contributed by atoms with van der Waals surface area (Å²) in [6, 6.07) is 2.30. The maximum absolute atomic E-state index is 6.00. The van der Waals surface area contributed by atoms with E-state index in [1.807, 2.05) is 12.4 Å². The van der Waals surface area contributed by atoms with Crippen molar-refractivity contribution in [3.63, 3.8) is 0 Å². The standard InChI is InChI=1S/C17H28N2/c1-12-7-14(11-19-10-12)16-8-15(17(2,3)4)6-5-13(16)9-18/h7,10-11,13,15-16H,5-6,8-9,18H2,1-4H3. The van der Waals surface area contributed by atoms with E-state index in [2.05, 4.69) is 38.7 Å². The van der Waals surface area contributed by atoms with E-state index in [1.165, 1.54) is 30.4 Å². The number of nitrogens with two attached hydrogens (primary N) is 1. The summed E-state index contributed by atoms with van der Waals surface area (Å²) >= 11 is 0. The van der Waals surface area contributed by atoms with Gasteiger partial charge in [-0.15, -0.1) is 0 Å². The van der Waals surface area contributed by atoms with Crippen LogP contribution in [0.25, 0.3) is 0 Å². The quantitative estimate of drug-likeness (QED) is 0.876. The fourth-order valence-electron chi connectivity index (χ4n) is 3.49. The molecule has 0 aromatic carbocycles. The van der Waals surface area contributed by atoms with E-state index < -0.39 is 0 Å². The van der Waals surface area contributed by atoms with Gasteiger partial charge in [0.2, 0.25) is 0 Å². The van der Waals surface area contributed by atoms with Crippen LogP contribution in [0.2, 0.25) is 0 Å². The molecule has 0 spiro atoms. The molecule has 0 aliphatic heterocycles. The molecule has 1 aliphatic carbocycles. The maximum atomic E-state index is 6.00. The molecule has 1 saturated carbocycles. The third-order valence-electron chi connectivity index (χ3n) is 4.85.